The van der Waals surface area contributed by atoms with E-state index in [0.717, 1.165) is 28.0 Å². The highest BCUT2D eigenvalue weighted by Gasteiger charge is 2.70. The fourth-order valence-electron chi connectivity index (χ4n) is 7.28. The van der Waals surface area contributed by atoms with E-state index >= 15 is 0 Å². The van der Waals surface area contributed by atoms with Gasteiger partial charge in [-0.15, -0.1) is 0 Å². The molecule has 3 aliphatic rings. The molecule has 0 radical (unpaired) electrons. The minimum atomic E-state index is -1.35. The Kier molecular flexibility index (Phi) is 5.91. The number of methoxy groups -OCH3 is 1. The zero-order chi connectivity index (χ0) is 29.2. The number of hydrogen-bond donors (Lipinski definition) is 1. The van der Waals surface area contributed by atoms with Crippen molar-refractivity contribution in [3.8, 4) is 5.75 Å². The van der Waals surface area contributed by atoms with Gasteiger partial charge in [0.15, 0.2) is 11.6 Å². The standard InChI is InChI=1S/C36H30N2O4/c1-21-16-17-29-26(18-21)22(2)19-30-36(27-14-7-8-15-28(27)37-35(36)41)31(33(39)24-12-9-13-25(20-24)42-3)32(38(29)30)34(40)23-10-5-4-6-11-23/h4-20,30-32H,1-3H3,(H,37,41)/t30-,31+,32-,36+/m1/s1. The first kappa shape index (κ1) is 26.0. The topological polar surface area (TPSA) is 75.7 Å². The van der Waals surface area contributed by atoms with Crippen LogP contribution in [0.15, 0.2) is 103 Å². The average molecular weight is 555 g/mol. The lowest BCUT2D eigenvalue weighted by atomic mass is 9.64. The van der Waals surface area contributed by atoms with Crippen LogP contribution < -0.4 is 15.0 Å². The van der Waals surface area contributed by atoms with Crippen LogP contribution in [0.5, 0.6) is 5.75 Å². The van der Waals surface area contributed by atoms with E-state index in [4.69, 9.17) is 4.74 Å². The van der Waals surface area contributed by atoms with Gasteiger partial charge in [-0.2, -0.15) is 0 Å². The highest BCUT2D eigenvalue weighted by atomic mass is 16.5. The van der Waals surface area contributed by atoms with Crippen molar-refractivity contribution in [3.05, 3.63) is 131 Å². The molecule has 3 heterocycles. The number of carbonyl (C=O) groups is 3. The third kappa shape index (κ3) is 3.54. The normalized spacial score (nSPS) is 23.5. The van der Waals surface area contributed by atoms with Crippen molar-refractivity contribution < 1.29 is 19.1 Å². The number of ketones is 2. The maximum atomic E-state index is 14.9. The maximum Gasteiger partial charge on any atom is 0.238 e. The van der Waals surface area contributed by atoms with Crippen LogP contribution in [0.25, 0.3) is 5.57 Å². The molecular weight excluding hydrogens is 524 g/mol. The fraction of sp³-hybridized carbons (Fsp3) is 0.194. The second kappa shape index (κ2) is 9.55. The van der Waals surface area contributed by atoms with Crippen LogP contribution in [0.1, 0.15) is 44.3 Å². The van der Waals surface area contributed by atoms with E-state index in [0.29, 0.717) is 22.6 Å². The van der Waals surface area contributed by atoms with Crippen LogP contribution in [0.3, 0.4) is 0 Å². The van der Waals surface area contributed by atoms with Gasteiger partial charge in [0.2, 0.25) is 5.91 Å². The van der Waals surface area contributed by atoms with Crippen LogP contribution in [-0.2, 0) is 10.2 Å². The highest BCUT2D eigenvalue weighted by molar-refractivity contribution is 6.18. The van der Waals surface area contributed by atoms with E-state index in [-0.39, 0.29) is 17.5 Å². The van der Waals surface area contributed by atoms with Crippen LogP contribution in [-0.4, -0.2) is 36.7 Å². The van der Waals surface area contributed by atoms with Gasteiger partial charge in [-0.1, -0.05) is 78.4 Å². The molecule has 1 saturated heterocycles. The summed E-state index contributed by atoms with van der Waals surface area (Å²) < 4.78 is 5.45. The lowest BCUT2D eigenvalue weighted by molar-refractivity contribution is -0.121. The molecule has 4 atom stereocenters. The fourth-order valence-corrected chi connectivity index (χ4v) is 7.28. The molecule has 1 fully saturated rings. The number of ether oxygens (including phenoxy) is 1. The molecule has 1 spiro atoms. The summed E-state index contributed by atoms with van der Waals surface area (Å²) in [5, 5.41) is 3.09. The van der Waals surface area contributed by atoms with Crippen molar-refractivity contribution in [2.75, 3.05) is 17.3 Å². The minimum Gasteiger partial charge on any atom is -0.497 e. The SMILES string of the molecule is COc1cccc(C(=O)[C@@H]2[C@H](C(=O)c3ccccc3)N3c4ccc(C)cc4C(C)=C[C@@H]3[C@]23C(=O)Nc2ccccc23)c1. The molecule has 4 aromatic rings. The number of amides is 1. The Morgan fingerprint density at radius 2 is 1.57 bits per heavy atom. The molecule has 0 saturated carbocycles. The number of fused-ring (bicyclic) bond motifs is 6. The van der Waals surface area contributed by atoms with Crippen molar-refractivity contribution in [1.29, 1.82) is 0 Å². The van der Waals surface area contributed by atoms with Gasteiger partial charge in [0.05, 0.1) is 19.1 Å². The van der Waals surface area contributed by atoms with Gasteiger partial charge in [0.1, 0.15) is 17.2 Å². The summed E-state index contributed by atoms with van der Waals surface area (Å²) in [7, 11) is 1.55. The van der Waals surface area contributed by atoms with E-state index in [1.807, 2.05) is 73.3 Å². The summed E-state index contributed by atoms with van der Waals surface area (Å²) in [6.07, 6.45) is 2.08. The van der Waals surface area contributed by atoms with E-state index in [9.17, 15) is 14.4 Å². The van der Waals surface area contributed by atoms with E-state index < -0.39 is 23.4 Å². The van der Waals surface area contributed by atoms with Crippen molar-refractivity contribution in [1.82, 2.24) is 0 Å². The molecule has 42 heavy (non-hydrogen) atoms. The zero-order valence-corrected chi connectivity index (χ0v) is 23.6. The van der Waals surface area contributed by atoms with Gasteiger partial charge in [-0.05, 0) is 55.3 Å². The molecular formula is C36H30N2O4. The Balaban J connectivity index is 1.56. The van der Waals surface area contributed by atoms with E-state index in [1.165, 1.54) is 0 Å². The molecule has 6 nitrogen and oxygen atoms in total. The van der Waals surface area contributed by atoms with Gasteiger partial charge in [-0.3, -0.25) is 14.4 Å². The van der Waals surface area contributed by atoms with Crippen molar-refractivity contribution >= 4 is 34.4 Å². The summed E-state index contributed by atoms with van der Waals surface area (Å²) in [6, 6.07) is 28.2. The predicted octanol–water partition coefficient (Wildman–Crippen LogP) is 6.25. The van der Waals surface area contributed by atoms with Gasteiger partial charge >= 0.3 is 0 Å². The molecule has 0 unspecified atom stereocenters. The molecule has 3 aliphatic heterocycles. The highest BCUT2D eigenvalue weighted by Crippen LogP contribution is 2.59. The Hall–Kier alpha value is -4.97. The van der Waals surface area contributed by atoms with E-state index in [1.54, 1.807) is 43.5 Å². The summed E-state index contributed by atoms with van der Waals surface area (Å²) in [5.41, 5.74) is 4.87. The zero-order valence-electron chi connectivity index (χ0n) is 23.6. The van der Waals surface area contributed by atoms with Crippen LogP contribution >= 0.6 is 0 Å². The third-order valence-corrected chi connectivity index (χ3v) is 9.10. The second-order valence-corrected chi connectivity index (χ2v) is 11.3. The number of aryl methyl sites for hydroxylation is 1. The Labute approximate surface area is 244 Å². The van der Waals surface area contributed by atoms with Gasteiger partial charge < -0.3 is 15.0 Å². The van der Waals surface area contributed by atoms with Crippen LogP contribution in [0, 0.1) is 12.8 Å². The van der Waals surface area contributed by atoms with Crippen LogP contribution in [0.4, 0.5) is 11.4 Å². The molecule has 7 rings (SSSR count). The molecule has 4 aromatic carbocycles. The number of nitrogens with one attached hydrogen (secondary N) is 1. The first-order chi connectivity index (χ1) is 20.4. The molecule has 0 aromatic heterocycles. The van der Waals surface area contributed by atoms with Crippen molar-refractivity contribution in [2.24, 2.45) is 5.92 Å². The smallest absolute Gasteiger partial charge is 0.238 e. The Morgan fingerprint density at radius 1 is 0.833 bits per heavy atom. The average Bonchev–Trinajstić information content (AvgIpc) is 3.49. The quantitative estimate of drug-likeness (QED) is 0.295. The molecule has 1 N–H and O–H groups in total. The first-order valence-electron chi connectivity index (χ1n) is 14.1. The van der Waals surface area contributed by atoms with Crippen molar-refractivity contribution in [2.45, 2.75) is 31.3 Å². The number of anilines is 2. The number of hydrogen-bond acceptors (Lipinski definition) is 5. The number of allylic oxidation sites excluding steroid dienone is 1. The van der Waals surface area contributed by atoms with Crippen LogP contribution in [0.2, 0.25) is 0 Å². The number of rotatable bonds is 5. The number of nitrogens with zero attached hydrogens (tertiary/aromatic N) is 1. The maximum absolute atomic E-state index is 14.9. The summed E-state index contributed by atoms with van der Waals surface area (Å²) in [5.74, 6) is -1.24. The summed E-state index contributed by atoms with van der Waals surface area (Å²) >= 11 is 0. The summed E-state index contributed by atoms with van der Waals surface area (Å²) in [4.78, 5) is 46.2. The van der Waals surface area contributed by atoms with Crippen molar-refractivity contribution in [3.63, 3.8) is 0 Å². The largest absolute Gasteiger partial charge is 0.497 e. The van der Waals surface area contributed by atoms with Gasteiger partial charge in [0, 0.05) is 28.1 Å². The molecule has 1 amide bonds. The van der Waals surface area contributed by atoms with E-state index in [2.05, 4.69) is 17.5 Å². The lowest BCUT2D eigenvalue weighted by Gasteiger charge is -2.39. The predicted molar refractivity (Wildman–Crippen MR) is 163 cm³/mol. The summed E-state index contributed by atoms with van der Waals surface area (Å²) in [6.45, 7) is 4.07. The lowest BCUT2D eigenvalue weighted by Crippen LogP contribution is -2.51. The molecule has 208 valence electrons. The minimum absolute atomic E-state index is 0.199. The van der Waals surface area contributed by atoms with Gasteiger partial charge in [-0.25, -0.2) is 0 Å². The Morgan fingerprint density at radius 3 is 2.36 bits per heavy atom. The second-order valence-electron chi connectivity index (χ2n) is 11.3. The molecule has 6 heteroatoms. The molecule has 0 bridgehead atoms. The monoisotopic (exact) mass is 554 g/mol. The number of benzene rings is 4. The third-order valence-electron chi connectivity index (χ3n) is 9.10. The van der Waals surface area contributed by atoms with Gasteiger partial charge in [0.25, 0.3) is 0 Å². The number of Topliss-reactive ketones (excluding diaryl/α,β-unsaturated/α-hetero) is 2. The number of carbonyl (C=O) groups excluding carboxylic acids is 3. The number of para-hydroxylation sites is 1. The molecule has 0 aliphatic carbocycles. The first-order valence-corrected chi connectivity index (χ1v) is 14.1. The Bertz CT molecular complexity index is 1810.